The minimum Gasteiger partial charge on any atom is -0.490 e. The maximum Gasteiger partial charge on any atom is 0.240 e. The van der Waals surface area contributed by atoms with E-state index < -0.39 is 0 Å². The van der Waals surface area contributed by atoms with Gasteiger partial charge in [-0.1, -0.05) is 0 Å². The molecule has 0 aliphatic rings. The molecule has 0 N–H and O–H groups in total. The molecule has 0 aromatic heterocycles. The topological polar surface area (TPSA) is 47.9 Å². The summed E-state index contributed by atoms with van der Waals surface area (Å²) >= 11 is 0. The molecule has 1 rings (SSSR count). The number of ether oxygens (including phenoxy) is 2. The minimum atomic E-state index is 0.0367. The van der Waals surface area contributed by atoms with Crippen LogP contribution >= 0.6 is 0 Å². The quantitative estimate of drug-likeness (QED) is 0.567. The molecule has 0 saturated heterocycles. The molecule has 1 aromatic rings. The van der Waals surface area contributed by atoms with Crippen LogP contribution in [-0.2, 0) is 4.79 Å². The number of aliphatic imine (C=N–C) groups is 1. The average molecular weight is 221 g/mol. The Balaban J connectivity index is 3.04. The first-order valence-electron chi connectivity index (χ1n) is 5.18. The molecule has 1 aromatic carbocycles. The van der Waals surface area contributed by atoms with Gasteiger partial charge in [-0.2, -0.15) is 4.99 Å². The van der Waals surface area contributed by atoms with E-state index >= 15 is 0 Å². The third-order valence-electron chi connectivity index (χ3n) is 1.76. The predicted octanol–water partition coefficient (Wildman–Crippen LogP) is 2.84. The van der Waals surface area contributed by atoms with Crippen LogP contribution in [0.3, 0.4) is 0 Å². The Hall–Kier alpha value is -1.80. The zero-order chi connectivity index (χ0) is 12.0. The average Bonchev–Trinajstić information content (AvgIpc) is 2.22. The summed E-state index contributed by atoms with van der Waals surface area (Å²) in [4.78, 5) is 13.7. The lowest BCUT2D eigenvalue weighted by molar-refractivity contribution is 0.224. The van der Waals surface area contributed by atoms with Crippen molar-refractivity contribution in [2.45, 2.75) is 26.9 Å². The van der Waals surface area contributed by atoms with Crippen molar-refractivity contribution < 1.29 is 14.3 Å². The van der Waals surface area contributed by atoms with Gasteiger partial charge < -0.3 is 9.47 Å². The van der Waals surface area contributed by atoms with Crippen molar-refractivity contribution in [3.8, 4) is 11.5 Å². The van der Waals surface area contributed by atoms with Gasteiger partial charge in [0.05, 0.1) is 18.4 Å². The van der Waals surface area contributed by atoms with Crippen molar-refractivity contribution in [3.63, 3.8) is 0 Å². The van der Waals surface area contributed by atoms with Crippen LogP contribution < -0.4 is 9.47 Å². The summed E-state index contributed by atoms with van der Waals surface area (Å²) in [5.74, 6) is 1.24. The van der Waals surface area contributed by atoms with Crippen LogP contribution in [0.4, 0.5) is 5.69 Å². The van der Waals surface area contributed by atoms with Crippen molar-refractivity contribution >= 4 is 11.8 Å². The second kappa shape index (κ2) is 5.93. The van der Waals surface area contributed by atoms with Gasteiger partial charge in [0, 0.05) is 6.07 Å². The Morgan fingerprint density at radius 2 is 2.12 bits per heavy atom. The number of benzene rings is 1. The van der Waals surface area contributed by atoms with E-state index in [-0.39, 0.29) is 6.10 Å². The van der Waals surface area contributed by atoms with E-state index in [9.17, 15) is 4.79 Å². The van der Waals surface area contributed by atoms with E-state index in [1.54, 1.807) is 18.2 Å². The molecule has 0 aliphatic heterocycles. The Morgan fingerprint density at radius 3 is 2.69 bits per heavy atom. The molecule has 0 heterocycles. The molecule has 0 spiro atoms. The summed E-state index contributed by atoms with van der Waals surface area (Å²) < 4.78 is 11.0. The van der Waals surface area contributed by atoms with Crippen molar-refractivity contribution in [2.24, 2.45) is 4.99 Å². The van der Waals surface area contributed by atoms with Gasteiger partial charge in [0.1, 0.15) is 0 Å². The third kappa shape index (κ3) is 3.41. The van der Waals surface area contributed by atoms with E-state index in [2.05, 4.69) is 4.99 Å². The van der Waals surface area contributed by atoms with Crippen molar-refractivity contribution in [1.29, 1.82) is 0 Å². The fourth-order valence-corrected chi connectivity index (χ4v) is 1.24. The Morgan fingerprint density at radius 1 is 1.38 bits per heavy atom. The summed E-state index contributed by atoms with van der Waals surface area (Å²) in [7, 11) is 0. The number of isocyanates is 1. The number of nitrogens with zero attached hydrogens (tertiary/aromatic N) is 1. The van der Waals surface area contributed by atoms with Gasteiger partial charge in [-0.15, -0.1) is 0 Å². The number of hydrogen-bond donors (Lipinski definition) is 0. The van der Waals surface area contributed by atoms with E-state index in [1.165, 1.54) is 6.08 Å². The van der Waals surface area contributed by atoms with Crippen LogP contribution in [0.1, 0.15) is 20.8 Å². The SMILES string of the molecule is CCOc1ccc(N=C=O)cc1OC(C)C. The first-order valence-corrected chi connectivity index (χ1v) is 5.18. The molecule has 0 amide bonds. The molecular weight excluding hydrogens is 206 g/mol. The standard InChI is InChI=1S/C12H15NO3/c1-4-15-11-6-5-10(13-8-14)7-12(11)16-9(2)3/h5-7,9H,4H2,1-3H3. The molecule has 0 atom stereocenters. The van der Waals surface area contributed by atoms with Gasteiger partial charge in [-0.25, -0.2) is 4.79 Å². The van der Waals surface area contributed by atoms with Gasteiger partial charge in [-0.3, -0.25) is 0 Å². The first-order chi connectivity index (χ1) is 7.67. The first kappa shape index (κ1) is 12.3. The van der Waals surface area contributed by atoms with E-state index in [0.29, 0.717) is 23.8 Å². The second-order valence-electron chi connectivity index (χ2n) is 3.43. The van der Waals surface area contributed by atoms with Crippen molar-refractivity contribution in [1.82, 2.24) is 0 Å². The maximum atomic E-state index is 10.2. The summed E-state index contributed by atoms with van der Waals surface area (Å²) in [5.41, 5.74) is 0.508. The van der Waals surface area contributed by atoms with Crippen LogP contribution in [0.15, 0.2) is 23.2 Å². The molecule has 0 aliphatic carbocycles. The number of hydrogen-bond acceptors (Lipinski definition) is 4. The fraction of sp³-hybridized carbons (Fsp3) is 0.417. The molecule has 86 valence electrons. The lowest BCUT2D eigenvalue weighted by Crippen LogP contribution is -2.07. The highest BCUT2D eigenvalue weighted by molar-refractivity contribution is 5.55. The molecular formula is C12H15NO3. The molecule has 0 saturated carbocycles. The largest absolute Gasteiger partial charge is 0.490 e. The molecule has 4 nitrogen and oxygen atoms in total. The molecule has 0 bridgehead atoms. The van der Waals surface area contributed by atoms with Crippen LogP contribution in [0.5, 0.6) is 11.5 Å². The highest BCUT2D eigenvalue weighted by atomic mass is 16.5. The van der Waals surface area contributed by atoms with Gasteiger partial charge in [0.2, 0.25) is 6.08 Å². The fourth-order valence-electron chi connectivity index (χ4n) is 1.24. The van der Waals surface area contributed by atoms with Gasteiger partial charge in [0.25, 0.3) is 0 Å². The minimum absolute atomic E-state index is 0.0367. The smallest absolute Gasteiger partial charge is 0.240 e. The molecule has 16 heavy (non-hydrogen) atoms. The Bertz CT molecular complexity index is 395. The van der Waals surface area contributed by atoms with Crippen LogP contribution in [-0.4, -0.2) is 18.8 Å². The van der Waals surface area contributed by atoms with Crippen LogP contribution in [0, 0.1) is 0 Å². The van der Waals surface area contributed by atoms with E-state index in [0.717, 1.165) is 0 Å². The summed E-state index contributed by atoms with van der Waals surface area (Å²) in [6.07, 6.45) is 1.53. The summed E-state index contributed by atoms with van der Waals surface area (Å²) in [6, 6.07) is 5.08. The highest BCUT2D eigenvalue weighted by Crippen LogP contribution is 2.32. The van der Waals surface area contributed by atoms with Gasteiger partial charge in [-0.05, 0) is 32.9 Å². The van der Waals surface area contributed by atoms with Gasteiger partial charge >= 0.3 is 0 Å². The molecule has 0 unspecified atom stereocenters. The van der Waals surface area contributed by atoms with Crippen LogP contribution in [0.2, 0.25) is 0 Å². The predicted molar refractivity (Wildman–Crippen MR) is 61.2 cm³/mol. The lowest BCUT2D eigenvalue weighted by Gasteiger charge is -2.14. The zero-order valence-corrected chi connectivity index (χ0v) is 9.69. The molecule has 0 fully saturated rings. The van der Waals surface area contributed by atoms with E-state index in [4.69, 9.17) is 9.47 Å². The second-order valence-corrected chi connectivity index (χ2v) is 3.43. The van der Waals surface area contributed by atoms with E-state index in [1.807, 2.05) is 20.8 Å². The summed E-state index contributed by atoms with van der Waals surface area (Å²) in [6.45, 7) is 6.30. The molecule has 0 radical (unpaired) electrons. The zero-order valence-electron chi connectivity index (χ0n) is 9.69. The van der Waals surface area contributed by atoms with Crippen molar-refractivity contribution in [3.05, 3.63) is 18.2 Å². The number of rotatable bonds is 5. The highest BCUT2D eigenvalue weighted by Gasteiger charge is 2.07. The Kier molecular flexibility index (Phi) is 4.55. The summed E-state index contributed by atoms with van der Waals surface area (Å²) in [5, 5.41) is 0. The number of carbonyl (C=O) groups excluding carboxylic acids is 1. The monoisotopic (exact) mass is 221 g/mol. The normalized spacial score (nSPS) is 9.75. The van der Waals surface area contributed by atoms with Gasteiger partial charge in [0.15, 0.2) is 11.5 Å². The lowest BCUT2D eigenvalue weighted by atomic mass is 10.2. The Labute approximate surface area is 94.9 Å². The maximum absolute atomic E-state index is 10.2. The van der Waals surface area contributed by atoms with Crippen molar-refractivity contribution in [2.75, 3.05) is 6.61 Å². The third-order valence-corrected chi connectivity index (χ3v) is 1.76. The van der Waals surface area contributed by atoms with Crippen LogP contribution in [0.25, 0.3) is 0 Å². The molecule has 4 heteroatoms.